The molecule has 2 rings (SSSR count). The van der Waals surface area contributed by atoms with Gasteiger partial charge in [0.1, 0.15) is 0 Å². The standard InChI is InChI=1S/C19H24F2O3Si/c1-12(2)22-19(23-13(3)4)24-25-16-8-5-14(6-9-16)15-7-10-17(20)18(21)11-15/h5-13,19H,25H2,1-4H3. The zero-order chi connectivity index (χ0) is 18.4. The van der Waals surface area contributed by atoms with Gasteiger partial charge in [-0.2, -0.15) is 0 Å². The van der Waals surface area contributed by atoms with E-state index in [4.69, 9.17) is 13.9 Å². The molecule has 0 aliphatic carbocycles. The minimum atomic E-state index is -1.04. The molecule has 2 aromatic carbocycles. The molecule has 0 fully saturated rings. The van der Waals surface area contributed by atoms with E-state index in [1.165, 1.54) is 6.07 Å². The summed E-state index contributed by atoms with van der Waals surface area (Å²) in [6.07, 6.45) is 0.0157. The molecule has 0 spiro atoms. The molecule has 2 aromatic rings. The lowest BCUT2D eigenvalue weighted by molar-refractivity contribution is -0.274. The van der Waals surface area contributed by atoms with Crippen LogP contribution in [-0.2, 0) is 13.9 Å². The van der Waals surface area contributed by atoms with E-state index >= 15 is 0 Å². The molecule has 0 aliphatic heterocycles. The van der Waals surface area contributed by atoms with Crippen molar-refractivity contribution in [3.63, 3.8) is 0 Å². The predicted octanol–water partition coefficient (Wildman–Crippen LogP) is 3.49. The van der Waals surface area contributed by atoms with Crippen molar-refractivity contribution in [1.29, 1.82) is 0 Å². The molecule has 0 unspecified atom stereocenters. The smallest absolute Gasteiger partial charge is 0.262 e. The van der Waals surface area contributed by atoms with Crippen LogP contribution in [-0.4, -0.2) is 28.4 Å². The van der Waals surface area contributed by atoms with Gasteiger partial charge in [-0.15, -0.1) is 0 Å². The number of benzene rings is 2. The van der Waals surface area contributed by atoms with Crippen LogP contribution in [0.1, 0.15) is 27.7 Å². The van der Waals surface area contributed by atoms with E-state index in [1.807, 2.05) is 52.0 Å². The molecule has 0 atom stereocenters. The van der Waals surface area contributed by atoms with Gasteiger partial charge >= 0.3 is 0 Å². The van der Waals surface area contributed by atoms with Gasteiger partial charge in [0.25, 0.3) is 6.48 Å². The average molecular weight is 366 g/mol. The van der Waals surface area contributed by atoms with Gasteiger partial charge in [0.05, 0.1) is 12.2 Å². The zero-order valence-corrected chi connectivity index (χ0v) is 16.4. The third kappa shape index (κ3) is 6.32. The Morgan fingerprint density at radius 2 is 1.32 bits per heavy atom. The SMILES string of the molecule is CC(C)OC(O[SiH2]c1ccc(-c2ccc(F)c(F)c2)cc1)OC(C)C. The van der Waals surface area contributed by atoms with Crippen molar-refractivity contribution < 1.29 is 22.7 Å². The lowest BCUT2D eigenvalue weighted by atomic mass is 10.1. The van der Waals surface area contributed by atoms with Crippen LogP contribution >= 0.6 is 0 Å². The van der Waals surface area contributed by atoms with Gasteiger partial charge in [-0.1, -0.05) is 30.3 Å². The third-order valence-corrected chi connectivity index (χ3v) is 4.60. The highest BCUT2D eigenvalue weighted by Crippen LogP contribution is 2.20. The first-order valence-corrected chi connectivity index (χ1v) is 9.60. The molecule has 0 aliphatic rings. The molecule has 136 valence electrons. The van der Waals surface area contributed by atoms with Crippen molar-refractivity contribution in [1.82, 2.24) is 0 Å². The second kappa shape index (κ2) is 9.19. The van der Waals surface area contributed by atoms with Crippen molar-refractivity contribution in [3.8, 4) is 11.1 Å². The molecule has 6 heteroatoms. The number of hydrogen-bond acceptors (Lipinski definition) is 3. The van der Waals surface area contributed by atoms with Gasteiger partial charge in [-0.05, 0) is 56.1 Å². The molecule has 0 bridgehead atoms. The Hall–Kier alpha value is -1.60. The van der Waals surface area contributed by atoms with Gasteiger partial charge < -0.3 is 13.9 Å². The Bertz CT molecular complexity index is 665. The van der Waals surface area contributed by atoms with Gasteiger partial charge in [0, 0.05) is 0 Å². The highest BCUT2D eigenvalue weighted by molar-refractivity contribution is 6.46. The monoisotopic (exact) mass is 366 g/mol. The van der Waals surface area contributed by atoms with Crippen LogP contribution in [0.2, 0.25) is 0 Å². The lowest BCUT2D eigenvalue weighted by Gasteiger charge is -2.23. The topological polar surface area (TPSA) is 27.7 Å². The first-order valence-electron chi connectivity index (χ1n) is 8.32. The fraction of sp³-hybridized carbons (Fsp3) is 0.368. The van der Waals surface area contributed by atoms with Crippen LogP contribution in [0.5, 0.6) is 0 Å². The Kier molecular flexibility index (Phi) is 7.25. The van der Waals surface area contributed by atoms with Gasteiger partial charge in [0.2, 0.25) is 0 Å². The molecule has 0 saturated carbocycles. The van der Waals surface area contributed by atoms with Crippen LogP contribution < -0.4 is 5.19 Å². The second-order valence-corrected chi connectivity index (χ2v) is 7.73. The Balaban J connectivity index is 2.00. The predicted molar refractivity (Wildman–Crippen MR) is 97.3 cm³/mol. The maximum absolute atomic E-state index is 13.3. The van der Waals surface area contributed by atoms with Crippen molar-refractivity contribution in [3.05, 3.63) is 54.1 Å². The van der Waals surface area contributed by atoms with Gasteiger partial charge in [-0.3, -0.25) is 0 Å². The molecule has 0 heterocycles. The number of ether oxygens (including phenoxy) is 2. The largest absolute Gasteiger partial charge is 0.373 e. The summed E-state index contributed by atoms with van der Waals surface area (Å²) in [7, 11) is -1.04. The summed E-state index contributed by atoms with van der Waals surface area (Å²) in [5.41, 5.74) is 1.46. The lowest BCUT2D eigenvalue weighted by Crippen LogP contribution is -2.32. The van der Waals surface area contributed by atoms with Crippen LogP contribution in [0.4, 0.5) is 8.78 Å². The summed E-state index contributed by atoms with van der Waals surface area (Å²) in [6.45, 7) is 7.05. The number of rotatable bonds is 8. The fourth-order valence-corrected chi connectivity index (χ4v) is 3.10. The molecule has 0 saturated heterocycles. The van der Waals surface area contributed by atoms with E-state index in [0.717, 1.165) is 16.8 Å². The van der Waals surface area contributed by atoms with E-state index in [9.17, 15) is 8.78 Å². The summed E-state index contributed by atoms with van der Waals surface area (Å²) < 4.78 is 43.4. The molecule has 3 nitrogen and oxygen atoms in total. The Labute approximate surface area is 149 Å². The zero-order valence-electron chi connectivity index (χ0n) is 15.0. The van der Waals surface area contributed by atoms with E-state index in [2.05, 4.69) is 0 Å². The fourth-order valence-electron chi connectivity index (χ4n) is 2.19. The van der Waals surface area contributed by atoms with E-state index < -0.39 is 27.9 Å². The minimum absolute atomic E-state index is 0.00787. The molecule has 0 aromatic heterocycles. The van der Waals surface area contributed by atoms with E-state index in [0.29, 0.717) is 5.56 Å². The summed E-state index contributed by atoms with van der Waals surface area (Å²) in [5, 5.41) is 1.07. The molecule has 0 amide bonds. The first-order chi connectivity index (χ1) is 11.8. The molecular formula is C19H24F2O3Si. The summed E-state index contributed by atoms with van der Waals surface area (Å²) in [4.78, 5) is 0. The summed E-state index contributed by atoms with van der Waals surface area (Å²) >= 11 is 0. The van der Waals surface area contributed by atoms with Gasteiger partial charge in [-0.25, -0.2) is 8.78 Å². The highest BCUT2D eigenvalue weighted by Gasteiger charge is 2.14. The Morgan fingerprint density at radius 1 is 0.760 bits per heavy atom. The van der Waals surface area contributed by atoms with E-state index in [-0.39, 0.29) is 12.2 Å². The number of hydrogen-bond donors (Lipinski definition) is 0. The highest BCUT2D eigenvalue weighted by atomic mass is 28.2. The molecule has 25 heavy (non-hydrogen) atoms. The summed E-state index contributed by atoms with van der Waals surface area (Å²) in [6, 6.07) is 11.5. The van der Waals surface area contributed by atoms with Crippen molar-refractivity contribution in [2.45, 2.75) is 46.4 Å². The second-order valence-electron chi connectivity index (χ2n) is 6.30. The summed E-state index contributed by atoms with van der Waals surface area (Å²) in [5.74, 6) is -1.69. The van der Waals surface area contributed by atoms with Gasteiger partial charge in [0.15, 0.2) is 21.4 Å². The van der Waals surface area contributed by atoms with Crippen molar-refractivity contribution in [2.75, 3.05) is 0 Å². The maximum atomic E-state index is 13.3. The van der Waals surface area contributed by atoms with Crippen molar-refractivity contribution in [2.24, 2.45) is 0 Å². The first kappa shape index (κ1) is 19.7. The normalized spacial score (nSPS) is 12.2. The van der Waals surface area contributed by atoms with Crippen LogP contribution in [0.3, 0.4) is 0 Å². The minimum Gasteiger partial charge on any atom is -0.373 e. The number of halogens is 2. The van der Waals surface area contributed by atoms with E-state index in [1.54, 1.807) is 6.07 Å². The Morgan fingerprint density at radius 3 is 1.84 bits per heavy atom. The molecular weight excluding hydrogens is 342 g/mol. The molecule has 0 radical (unpaired) electrons. The molecule has 0 N–H and O–H groups in total. The average Bonchev–Trinajstić information content (AvgIpc) is 2.55. The van der Waals surface area contributed by atoms with Crippen LogP contribution in [0.25, 0.3) is 11.1 Å². The van der Waals surface area contributed by atoms with Crippen LogP contribution in [0.15, 0.2) is 42.5 Å². The third-order valence-electron chi connectivity index (χ3n) is 3.36. The maximum Gasteiger partial charge on any atom is 0.262 e. The van der Waals surface area contributed by atoms with Crippen molar-refractivity contribution >= 4 is 14.9 Å². The van der Waals surface area contributed by atoms with Crippen LogP contribution in [0, 0.1) is 11.6 Å². The quantitative estimate of drug-likeness (QED) is 0.529.